The van der Waals surface area contributed by atoms with E-state index in [1.165, 1.54) is 10.5 Å². The molecule has 1 N–H and O–H groups in total. The smallest absolute Gasteiger partial charge is 0.200 e. The van der Waals surface area contributed by atoms with Gasteiger partial charge >= 0.3 is 0 Å². The van der Waals surface area contributed by atoms with Gasteiger partial charge in [0.1, 0.15) is 0 Å². The lowest BCUT2D eigenvalue weighted by Gasteiger charge is -2.08. The number of nitrogens with zero attached hydrogens (tertiary/aromatic N) is 3. The Morgan fingerprint density at radius 1 is 1.25 bits per heavy atom. The summed E-state index contributed by atoms with van der Waals surface area (Å²) in [5, 5.41) is 12.5. The summed E-state index contributed by atoms with van der Waals surface area (Å²) in [6, 6.07) is 12.2. The molecule has 0 aliphatic rings. The van der Waals surface area contributed by atoms with Crippen molar-refractivity contribution in [3.05, 3.63) is 52.6 Å². The number of nitrogens with one attached hydrogen (secondary N) is 1. The molecule has 0 saturated heterocycles. The molecule has 0 aliphatic heterocycles. The van der Waals surface area contributed by atoms with Crippen molar-refractivity contribution < 1.29 is 0 Å². The van der Waals surface area contributed by atoms with Crippen LogP contribution in [0.25, 0.3) is 5.65 Å². The van der Waals surface area contributed by atoms with Gasteiger partial charge in [0.2, 0.25) is 0 Å². The van der Waals surface area contributed by atoms with E-state index in [0.29, 0.717) is 0 Å². The molecular weight excluding hydrogens is 336 g/mol. The van der Waals surface area contributed by atoms with Gasteiger partial charge in [-0.1, -0.05) is 22.0 Å². The first kappa shape index (κ1) is 13.6. The molecule has 0 bridgehead atoms. The van der Waals surface area contributed by atoms with E-state index in [1.807, 2.05) is 41.9 Å². The summed E-state index contributed by atoms with van der Waals surface area (Å²) >= 11 is 5.14. The standard InChI is InChI=1S/C14H13BrN4S/c1-16-9-10-8-11(15)5-6-12(10)20-14-18-17-13-4-2-3-7-19(13)14/h2-8,16H,9H2,1H3. The predicted molar refractivity (Wildman–Crippen MR) is 84.0 cm³/mol. The molecule has 0 aliphatic carbocycles. The quantitative estimate of drug-likeness (QED) is 0.784. The van der Waals surface area contributed by atoms with Gasteiger partial charge in [0, 0.05) is 22.1 Å². The van der Waals surface area contributed by atoms with Crippen LogP contribution < -0.4 is 5.32 Å². The van der Waals surface area contributed by atoms with E-state index in [1.54, 1.807) is 11.8 Å². The highest BCUT2D eigenvalue weighted by Gasteiger charge is 2.10. The Hall–Kier alpha value is -1.37. The third kappa shape index (κ3) is 2.72. The molecule has 2 aromatic heterocycles. The van der Waals surface area contributed by atoms with Crippen molar-refractivity contribution in [3.63, 3.8) is 0 Å². The average Bonchev–Trinajstić information content (AvgIpc) is 2.86. The maximum Gasteiger partial charge on any atom is 0.200 e. The summed E-state index contributed by atoms with van der Waals surface area (Å²) in [5.74, 6) is 0. The summed E-state index contributed by atoms with van der Waals surface area (Å²) < 4.78 is 3.08. The molecule has 20 heavy (non-hydrogen) atoms. The lowest BCUT2D eigenvalue weighted by atomic mass is 10.2. The molecule has 0 saturated carbocycles. The minimum absolute atomic E-state index is 0.818. The van der Waals surface area contributed by atoms with Gasteiger partial charge in [-0.2, -0.15) is 0 Å². The Kier molecular flexibility index (Phi) is 4.05. The summed E-state index contributed by atoms with van der Waals surface area (Å²) in [5.41, 5.74) is 2.10. The maximum atomic E-state index is 4.26. The number of benzene rings is 1. The molecule has 0 amide bonds. The van der Waals surface area contributed by atoms with Crippen molar-refractivity contribution in [1.29, 1.82) is 0 Å². The number of pyridine rings is 1. The second kappa shape index (κ2) is 5.95. The first-order valence-corrected chi connectivity index (χ1v) is 7.79. The lowest BCUT2D eigenvalue weighted by Crippen LogP contribution is -2.06. The molecular formula is C14H13BrN4S. The van der Waals surface area contributed by atoms with Crippen LogP contribution in [-0.2, 0) is 6.54 Å². The molecule has 6 heteroatoms. The highest BCUT2D eigenvalue weighted by atomic mass is 79.9. The normalized spacial score (nSPS) is 11.1. The first-order chi connectivity index (χ1) is 9.78. The van der Waals surface area contributed by atoms with E-state index in [-0.39, 0.29) is 0 Å². The van der Waals surface area contributed by atoms with Crippen molar-refractivity contribution in [3.8, 4) is 0 Å². The molecule has 0 spiro atoms. The van der Waals surface area contributed by atoms with Gasteiger partial charge in [0.15, 0.2) is 10.8 Å². The van der Waals surface area contributed by atoms with Gasteiger partial charge in [0.25, 0.3) is 0 Å². The number of fused-ring (bicyclic) bond motifs is 1. The summed E-state index contributed by atoms with van der Waals surface area (Å²) in [7, 11) is 1.95. The Labute approximate surface area is 129 Å². The number of aromatic nitrogens is 3. The van der Waals surface area contributed by atoms with E-state index in [9.17, 15) is 0 Å². The van der Waals surface area contributed by atoms with Crippen LogP contribution in [0.4, 0.5) is 0 Å². The molecule has 2 heterocycles. The fraction of sp³-hybridized carbons (Fsp3) is 0.143. The third-order valence-corrected chi connectivity index (χ3v) is 4.45. The SMILES string of the molecule is CNCc1cc(Br)ccc1Sc1nnc2ccccn12. The Balaban J connectivity index is 1.98. The summed E-state index contributed by atoms with van der Waals surface area (Å²) in [4.78, 5) is 1.18. The maximum absolute atomic E-state index is 4.26. The zero-order chi connectivity index (χ0) is 13.9. The zero-order valence-corrected chi connectivity index (χ0v) is 13.3. The zero-order valence-electron chi connectivity index (χ0n) is 10.9. The van der Waals surface area contributed by atoms with E-state index >= 15 is 0 Å². The highest BCUT2D eigenvalue weighted by Crippen LogP contribution is 2.31. The average molecular weight is 349 g/mol. The third-order valence-electron chi connectivity index (χ3n) is 2.87. The first-order valence-electron chi connectivity index (χ1n) is 6.18. The Morgan fingerprint density at radius 2 is 2.15 bits per heavy atom. The van der Waals surface area contributed by atoms with E-state index in [0.717, 1.165) is 21.8 Å². The van der Waals surface area contributed by atoms with Crippen molar-refractivity contribution in [2.75, 3.05) is 7.05 Å². The van der Waals surface area contributed by atoms with Crippen LogP contribution in [0.15, 0.2) is 57.1 Å². The van der Waals surface area contributed by atoms with E-state index < -0.39 is 0 Å². The van der Waals surface area contributed by atoms with Crippen LogP contribution in [0.2, 0.25) is 0 Å². The minimum atomic E-state index is 0.818. The number of hydrogen-bond donors (Lipinski definition) is 1. The Morgan fingerprint density at radius 3 is 3.00 bits per heavy atom. The summed E-state index contributed by atoms with van der Waals surface area (Å²) in [6.45, 7) is 0.818. The molecule has 4 nitrogen and oxygen atoms in total. The van der Waals surface area contributed by atoms with Crippen LogP contribution in [0.3, 0.4) is 0 Å². The van der Waals surface area contributed by atoms with Crippen molar-refractivity contribution >= 4 is 33.3 Å². The predicted octanol–water partition coefficient (Wildman–Crippen LogP) is 3.36. The molecule has 3 rings (SSSR count). The molecule has 0 unspecified atom stereocenters. The van der Waals surface area contributed by atoms with Gasteiger partial charge < -0.3 is 5.32 Å². The molecule has 102 valence electrons. The largest absolute Gasteiger partial charge is 0.316 e. The van der Waals surface area contributed by atoms with Crippen LogP contribution in [0.1, 0.15) is 5.56 Å². The molecule has 0 fully saturated rings. The second-order valence-electron chi connectivity index (χ2n) is 4.30. The number of halogens is 1. The van der Waals surface area contributed by atoms with Gasteiger partial charge in [-0.15, -0.1) is 10.2 Å². The van der Waals surface area contributed by atoms with Crippen LogP contribution >= 0.6 is 27.7 Å². The minimum Gasteiger partial charge on any atom is -0.316 e. The monoisotopic (exact) mass is 348 g/mol. The van der Waals surface area contributed by atoms with Crippen LogP contribution in [0, 0.1) is 0 Å². The second-order valence-corrected chi connectivity index (χ2v) is 6.22. The Bertz CT molecular complexity index is 741. The van der Waals surface area contributed by atoms with E-state index in [4.69, 9.17) is 0 Å². The fourth-order valence-corrected chi connectivity index (χ4v) is 3.30. The highest BCUT2D eigenvalue weighted by molar-refractivity contribution is 9.10. The van der Waals surface area contributed by atoms with Gasteiger partial charge in [0.05, 0.1) is 0 Å². The van der Waals surface area contributed by atoms with Crippen LogP contribution in [-0.4, -0.2) is 21.6 Å². The molecule has 0 radical (unpaired) electrons. The van der Waals surface area contributed by atoms with Crippen molar-refractivity contribution in [1.82, 2.24) is 19.9 Å². The molecule has 0 atom stereocenters. The fourth-order valence-electron chi connectivity index (χ4n) is 1.96. The number of hydrogen-bond acceptors (Lipinski definition) is 4. The van der Waals surface area contributed by atoms with Gasteiger partial charge in [-0.05, 0) is 54.7 Å². The van der Waals surface area contributed by atoms with E-state index in [2.05, 4.69) is 43.6 Å². The van der Waals surface area contributed by atoms with Gasteiger partial charge in [-0.3, -0.25) is 4.40 Å². The van der Waals surface area contributed by atoms with Gasteiger partial charge in [-0.25, -0.2) is 0 Å². The van der Waals surface area contributed by atoms with Crippen molar-refractivity contribution in [2.24, 2.45) is 0 Å². The lowest BCUT2D eigenvalue weighted by molar-refractivity contribution is 0.801. The molecule has 1 aromatic carbocycles. The molecule has 3 aromatic rings. The van der Waals surface area contributed by atoms with Crippen LogP contribution in [0.5, 0.6) is 0 Å². The summed E-state index contributed by atoms with van der Waals surface area (Å²) in [6.07, 6.45) is 1.98. The number of rotatable bonds is 4. The van der Waals surface area contributed by atoms with Crippen molar-refractivity contribution in [2.45, 2.75) is 16.6 Å². The topological polar surface area (TPSA) is 42.2 Å².